The van der Waals surface area contributed by atoms with Gasteiger partial charge in [-0.2, -0.15) is 0 Å². The van der Waals surface area contributed by atoms with Crippen LogP contribution in [0.15, 0.2) is 24.3 Å². The van der Waals surface area contributed by atoms with E-state index in [1.165, 1.54) is 6.07 Å². The monoisotopic (exact) mass is 181 g/mol. The molecule has 13 heavy (non-hydrogen) atoms. The largest absolute Gasteiger partial charge is 0.324 e. The minimum atomic E-state index is -0.199. The average molecular weight is 181 g/mol. The van der Waals surface area contributed by atoms with E-state index in [2.05, 4.69) is 6.92 Å². The average Bonchev–Trinajstić information content (AvgIpc) is 2.16. The van der Waals surface area contributed by atoms with Crippen molar-refractivity contribution in [2.24, 2.45) is 11.7 Å². The molecular weight excluding hydrogens is 165 g/mol. The molecule has 1 rings (SSSR count). The fourth-order valence-corrected chi connectivity index (χ4v) is 1.31. The first-order valence-corrected chi connectivity index (χ1v) is 4.66. The van der Waals surface area contributed by atoms with Crippen molar-refractivity contribution in [2.75, 3.05) is 0 Å². The highest BCUT2D eigenvalue weighted by Crippen LogP contribution is 2.23. The zero-order valence-electron chi connectivity index (χ0n) is 8.13. The van der Waals surface area contributed by atoms with E-state index in [-0.39, 0.29) is 11.9 Å². The molecular formula is C11H16FN. The molecule has 0 saturated heterocycles. The maximum atomic E-state index is 13.3. The molecule has 0 spiro atoms. The maximum Gasteiger partial charge on any atom is 0.127 e. The van der Waals surface area contributed by atoms with Crippen molar-refractivity contribution in [3.8, 4) is 0 Å². The third-order valence-corrected chi connectivity index (χ3v) is 2.52. The van der Waals surface area contributed by atoms with E-state index in [1.807, 2.05) is 13.0 Å². The molecule has 2 heteroatoms. The lowest BCUT2D eigenvalue weighted by molar-refractivity contribution is 0.439. The van der Waals surface area contributed by atoms with Crippen LogP contribution in [0.3, 0.4) is 0 Å². The minimum absolute atomic E-state index is 0.189. The number of halogens is 1. The molecule has 2 atom stereocenters. The summed E-state index contributed by atoms with van der Waals surface area (Å²) in [5.74, 6) is 0.118. The van der Waals surface area contributed by atoms with Gasteiger partial charge in [-0.15, -0.1) is 0 Å². The Bertz CT molecular complexity index is 273. The van der Waals surface area contributed by atoms with Crippen molar-refractivity contribution in [1.29, 1.82) is 0 Å². The van der Waals surface area contributed by atoms with Crippen molar-refractivity contribution >= 4 is 0 Å². The second kappa shape index (κ2) is 4.38. The quantitative estimate of drug-likeness (QED) is 0.762. The van der Waals surface area contributed by atoms with Crippen molar-refractivity contribution < 1.29 is 4.39 Å². The maximum absolute atomic E-state index is 13.3. The predicted octanol–water partition coefficient (Wildman–Crippen LogP) is 2.87. The van der Waals surface area contributed by atoms with E-state index in [0.717, 1.165) is 6.42 Å². The summed E-state index contributed by atoms with van der Waals surface area (Å²) in [7, 11) is 0. The van der Waals surface area contributed by atoms with Crippen LogP contribution < -0.4 is 5.73 Å². The van der Waals surface area contributed by atoms with Crippen LogP contribution in [-0.2, 0) is 0 Å². The lowest BCUT2D eigenvalue weighted by Crippen LogP contribution is -2.19. The highest BCUT2D eigenvalue weighted by Gasteiger charge is 2.15. The number of hydrogen-bond acceptors (Lipinski definition) is 1. The minimum Gasteiger partial charge on any atom is -0.324 e. The summed E-state index contributed by atoms with van der Waals surface area (Å²) in [5, 5.41) is 0. The van der Waals surface area contributed by atoms with Gasteiger partial charge in [-0.05, 0) is 12.0 Å². The van der Waals surface area contributed by atoms with Gasteiger partial charge in [0.05, 0.1) is 0 Å². The summed E-state index contributed by atoms with van der Waals surface area (Å²) in [5.41, 5.74) is 6.53. The van der Waals surface area contributed by atoms with E-state index >= 15 is 0 Å². The summed E-state index contributed by atoms with van der Waals surface area (Å²) < 4.78 is 13.3. The number of nitrogens with two attached hydrogens (primary N) is 1. The molecule has 1 aromatic rings. The molecule has 72 valence electrons. The second-order valence-electron chi connectivity index (χ2n) is 3.43. The first-order chi connectivity index (χ1) is 6.16. The van der Waals surface area contributed by atoms with Crippen LogP contribution in [0.1, 0.15) is 31.9 Å². The third kappa shape index (κ3) is 2.28. The highest BCUT2D eigenvalue weighted by atomic mass is 19.1. The predicted molar refractivity (Wildman–Crippen MR) is 52.8 cm³/mol. The van der Waals surface area contributed by atoms with Crippen molar-refractivity contribution in [3.05, 3.63) is 35.6 Å². The molecule has 0 aliphatic carbocycles. The molecule has 1 nitrogen and oxygen atoms in total. The fourth-order valence-electron chi connectivity index (χ4n) is 1.31. The van der Waals surface area contributed by atoms with E-state index in [1.54, 1.807) is 12.1 Å². The molecule has 1 aromatic carbocycles. The van der Waals surface area contributed by atoms with Crippen LogP contribution in [0.25, 0.3) is 0 Å². The number of rotatable bonds is 3. The van der Waals surface area contributed by atoms with Crippen LogP contribution >= 0.6 is 0 Å². The highest BCUT2D eigenvalue weighted by molar-refractivity contribution is 5.21. The smallest absolute Gasteiger partial charge is 0.127 e. The van der Waals surface area contributed by atoms with Crippen LogP contribution in [0.4, 0.5) is 4.39 Å². The van der Waals surface area contributed by atoms with Gasteiger partial charge < -0.3 is 5.73 Å². The number of hydrogen-bond donors (Lipinski definition) is 1. The summed E-state index contributed by atoms with van der Waals surface area (Å²) in [6.45, 7) is 4.10. The first kappa shape index (κ1) is 10.2. The summed E-state index contributed by atoms with van der Waals surface area (Å²) >= 11 is 0. The molecule has 0 amide bonds. The molecule has 0 bridgehead atoms. The molecule has 0 saturated carbocycles. The summed E-state index contributed by atoms with van der Waals surface area (Å²) in [6, 6.07) is 6.53. The molecule has 0 radical (unpaired) electrons. The van der Waals surface area contributed by atoms with Gasteiger partial charge in [-0.1, -0.05) is 38.5 Å². The lowest BCUT2D eigenvalue weighted by Gasteiger charge is -2.18. The standard InChI is InChI=1S/C11H16FN/c1-3-8(2)11(13)9-6-4-5-7-10(9)12/h4-8,11H,3,13H2,1-2H3. The Morgan fingerprint density at radius 3 is 2.54 bits per heavy atom. The van der Waals surface area contributed by atoms with E-state index < -0.39 is 0 Å². The molecule has 0 aliphatic rings. The van der Waals surface area contributed by atoms with Crippen LogP contribution in [0.5, 0.6) is 0 Å². The normalized spacial score (nSPS) is 15.4. The zero-order chi connectivity index (χ0) is 9.84. The molecule has 0 fully saturated rings. The molecule has 2 N–H and O–H groups in total. The number of benzene rings is 1. The molecule has 0 heterocycles. The Hall–Kier alpha value is -0.890. The van der Waals surface area contributed by atoms with E-state index in [0.29, 0.717) is 11.5 Å². The fraction of sp³-hybridized carbons (Fsp3) is 0.455. The Labute approximate surface area is 78.8 Å². The first-order valence-electron chi connectivity index (χ1n) is 4.66. The zero-order valence-corrected chi connectivity index (χ0v) is 8.13. The van der Waals surface area contributed by atoms with Crippen molar-refractivity contribution in [1.82, 2.24) is 0 Å². The lowest BCUT2D eigenvalue weighted by atomic mass is 9.93. The SMILES string of the molecule is CCC(C)C(N)c1ccccc1F. The topological polar surface area (TPSA) is 26.0 Å². The van der Waals surface area contributed by atoms with Crippen molar-refractivity contribution in [2.45, 2.75) is 26.3 Å². The van der Waals surface area contributed by atoms with Crippen molar-refractivity contribution in [3.63, 3.8) is 0 Å². The molecule has 2 unspecified atom stereocenters. The second-order valence-corrected chi connectivity index (χ2v) is 3.43. The van der Waals surface area contributed by atoms with Gasteiger partial charge in [0, 0.05) is 11.6 Å². The van der Waals surface area contributed by atoms with Gasteiger partial charge in [-0.25, -0.2) is 4.39 Å². The van der Waals surface area contributed by atoms with Gasteiger partial charge in [0.25, 0.3) is 0 Å². The summed E-state index contributed by atoms with van der Waals surface area (Å²) in [6.07, 6.45) is 0.968. The van der Waals surface area contributed by atoms with Gasteiger partial charge in [0.15, 0.2) is 0 Å². The van der Waals surface area contributed by atoms with Crippen LogP contribution in [0.2, 0.25) is 0 Å². The van der Waals surface area contributed by atoms with E-state index in [9.17, 15) is 4.39 Å². The summed E-state index contributed by atoms with van der Waals surface area (Å²) in [4.78, 5) is 0. The molecule has 0 aliphatic heterocycles. The Kier molecular flexibility index (Phi) is 3.43. The van der Waals surface area contributed by atoms with Crippen LogP contribution in [-0.4, -0.2) is 0 Å². The molecule has 0 aromatic heterocycles. The Morgan fingerprint density at radius 2 is 2.00 bits per heavy atom. The van der Waals surface area contributed by atoms with E-state index in [4.69, 9.17) is 5.73 Å². The van der Waals surface area contributed by atoms with Crippen LogP contribution in [0, 0.1) is 11.7 Å². The Balaban J connectivity index is 2.88. The van der Waals surface area contributed by atoms with Gasteiger partial charge in [0.2, 0.25) is 0 Å². The Morgan fingerprint density at radius 1 is 1.38 bits per heavy atom. The van der Waals surface area contributed by atoms with Gasteiger partial charge in [0.1, 0.15) is 5.82 Å². The third-order valence-electron chi connectivity index (χ3n) is 2.52. The van der Waals surface area contributed by atoms with Gasteiger partial charge >= 0.3 is 0 Å². The van der Waals surface area contributed by atoms with Gasteiger partial charge in [-0.3, -0.25) is 0 Å².